The molecule has 1 aliphatic heterocycles. The van der Waals surface area contributed by atoms with Crippen LogP contribution in [0.15, 0.2) is 0 Å². The van der Waals surface area contributed by atoms with Crippen LogP contribution in [0, 0.1) is 17.8 Å². The van der Waals surface area contributed by atoms with Crippen molar-refractivity contribution in [2.75, 3.05) is 19.7 Å². The van der Waals surface area contributed by atoms with Crippen LogP contribution in [0.3, 0.4) is 0 Å². The van der Waals surface area contributed by atoms with E-state index in [4.69, 9.17) is 4.74 Å². The minimum atomic E-state index is 0.0133. The van der Waals surface area contributed by atoms with Crippen LogP contribution in [0.2, 0.25) is 0 Å². The van der Waals surface area contributed by atoms with E-state index in [1.54, 1.807) is 0 Å². The van der Waals surface area contributed by atoms with Crippen LogP contribution in [0.1, 0.15) is 32.6 Å². The van der Waals surface area contributed by atoms with Crippen LogP contribution < -0.4 is 5.32 Å². The zero-order valence-corrected chi connectivity index (χ0v) is 9.50. The summed E-state index contributed by atoms with van der Waals surface area (Å²) >= 11 is 0. The van der Waals surface area contributed by atoms with Crippen LogP contribution in [0.5, 0.6) is 0 Å². The van der Waals surface area contributed by atoms with Crippen molar-refractivity contribution in [1.29, 1.82) is 0 Å². The highest BCUT2D eigenvalue weighted by Gasteiger charge is 2.31. The number of nitrogens with one attached hydrogen (secondary N) is 1. The van der Waals surface area contributed by atoms with E-state index in [-0.39, 0.29) is 11.9 Å². The molecule has 1 aliphatic carbocycles. The zero-order chi connectivity index (χ0) is 10.7. The van der Waals surface area contributed by atoms with Crippen molar-refractivity contribution >= 4 is 5.97 Å². The fraction of sp³-hybridized carbons (Fsp3) is 0.917. The molecule has 0 radical (unpaired) electrons. The molecule has 1 saturated heterocycles. The molecular formula is C12H21NO2. The van der Waals surface area contributed by atoms with Gasteiger partial charge < -0.3 is 10.1 Å². The topological polar surface area (TPSA) is 38.3 Å². The fourth-order valence-electron chi connectivity index (χ4n) is 2.61. The molecule has 0 amide bonds. The Labute approximate surface area is 91.6 Å². The van der Waals surface area contributed by atoms with Crippen molar-refractivity contribution in [2.45, 2.75) is 32.6 Å². The Kier molecular flexibility index (Phi) is 3.62. The molecular weight excluding hydrogens is 190 g/mol. The summed E-state index contributed by atoms with van der Waals surface area (Å²) in [6.45, 7) is 4.51. The lowest BCUT2D eigenvalue weighted by atomic mass is 9.98. The highest BCUT2D eigenvalue weighted by molar-refractivity contribution is 5.73. The Morgan fingerprint density at radius 2 is 2.07 bits per heavy atom. The van der Waals surface area contributed by atoms with Crippen LogP contribution in [0.25, 0.3) is 0 Å². The summed E-state index contributed by atoms with van der Waals surface area (Å²) in [5, 5.41) is 3.23. The van der Waals surface area contributed by atoms with Gasteiger partial charge >= 0.3 is 5.97 Å². The highest BCUT2D eigenvalue weighted by atomic mass is 16.5. The summed E-state index contributed by atoms with van der Waals surface area (Å²) in [7, 11) is 0. The average molecular weight is 211 g/mol. The maximum atomic E-state index is 11.8. The quantitative estimate of drug-likeness (QED) is 0.720. The Morgan fingerprint density at radius 3 is 2.67 bits per heavy atom. The Balaban J connectivity index is 1.71. The summed E-state index contributed by atoms with van der Waals surface area (Å²) in [5.74, 6) is 1.17. The van der Waals surface area contributed by atoms with E-state index in [2.05, 4.69) is 12.2 Å². The van der Waals surface area contributed by atoms with Crippen LogP contribution in [-0.2, 0) is 9.53 Å². The van der Waals surface area contributed by atoms with Gasteiger partial charge in [0.1, 0.15) is 0 Å². The van der Waals surface area contributed by atoms with Crippen molar-refractivity contribution < 1.29 is 9.53 Å². The lowest BCUT2D eigenvalue weighted by Crippen LogP contribution is -2.25. The molecule has 15 heavy (non-hydrogen) atoms. The molecule has 0 spiro atoms. The Morgan fingerprint density at radius 1 is 1.33 bits per heavy atom. The number of carbonyl (C=O) groups excluding carboxylic acids is 1. The number of esters is 1. The van der Waals surface area contributed by atoms with E-state index in [0.717, 1.165) is 13.1 Å². The predicted octanol–water partition coefficient (Wildman–Crippen LogP) is 1.58. The smallest absolute Gasteiger partial charge is 0.310 e. The van der Waals surface area contributed by atoms with Crippen molar-refractivity contribution in [3.63, 3.8) is 0 Å². The molecule has 3 nitrogen and oxygen atoms in total. The lowest BCUT2D eigenvalue weighted by Gasteiger charge is -2.15. The van der Waals surface area contributed by atoms with Crippen LogP contribution in [-0.4, -0.2) is 25.7 Å². The second-order valence-electron chi connectivity index (χ2n) is 5.02. The molecule has 1 N–H and O–H groups in total. The molecule has 0 aromatic rings. The third-order valence-electron chi connectivity index (χ3n) is 3.76. The first-order valence-electron chi connectivity index (χ1n) is 6.14. The maximum Gasteiger partial charge on any atom is 0.310 e. The minimum absolute atomic E-state index is 0.0133. The van der Waals surface area contributed by atoms with E-state index in [9.17, 15) is 4.79 Å². The molecule has 1 saturated carbocycles. The first kappa shape index (κ1) is 10.9. The van der Waals surface area contributed by atoms with Gasteiger partial charge in [-0.2, -0.15) is 0 Å². The van der Waals surface area contributed by atoms with Crippen molar-refractivity contribution in [2.24, 2.45) is 17.8 Å². The Hall–Kier alpha value is -0.570. The molecule has 2 rings (SSSR count). The monoisotopic (exact) mass is 211 g/mol. The van der Waals surface area contributed by atoms with E-state index in [0.29, 0.717) is 18.4 Å². The number of rotatable bonds is 3. The van der Waals surface area contributed by atoms with Crippen molar-refractivity contribution in [3.05, 3.63) is 0 Å². The molecule has 0 aromatic carbocycles. The third kappa shape index (κ3) is 2.71. The van der Waals surface area contributed by atoms with Gasteiger partial charge in [-0.15, -0.1) is 0 Å². The molecule has 0 unspecified atom stereocenters. The summed E-state index contributed by atoms with van der Waals surface area (Å²) in [6, 6.07) is 0. The standard InChI is InChI=1S/C12H21NO2/c1-9-6-13-7-11(9)12(14)15-8-10-4-2-3-5-10/h9-11,13H,2-8H2,1H3/t9-,11-/m1/s1. The van der Waals surface area contributed by atoms with Gasteiger partial charge in [-0.3, -0.25) is 4.79 Å². The minimum Gasteiger partial charge on any atom is -0.465 e. The molecule has 86 valence electrons. The first-order chi connectivity index (χ1) is 7.27. The number of hydrogen-bond donors (Lipinski definition) is 1. The summed E-state index contributed by atoms with van der Waals surface area (Å²) in [6.07, 6.45) is 5.10. The van der Waals surface area contributed by atoms with Gasteiger partial charge in [-0.1, -0.05) is 19.8 Å². The third-order valence-corrected chi connectivity index (χ3v) is 3.76. The molecule has 2 aliphatic rings. The van der Waals surface area contributed by atoms with E-state index >= 15 is 0 Å². The van der Waals surface area contributed by atoms with E-state index < -0.39 is 0 Å². The van der Waals surface area contributed by atoms with Gasteiger partial charge in [-0.05, 0) is 31.2 Å². The summed E-state index contributed by atoms with van der Waals surface area (Å²) in [4.78, 5) is 11.8. The predicted molar refractivity (Wildman–Crippen MR) is 58.4 cm³/mol. The van der Waals surface area contributed by atoms with Gasteiger partial charge in [0.25, 0.3) is 0 Å². The van der Waals surface area contributed by atoms with Gasteiger partial charge in [0, 0.05) is 6.54 Å². The van der Waals surface area contributed by atoms with Crippen molar-refractivity contribution in [1.82, 2.24) is 5.32 Å². The zero-order valence-electron chi connectivity index (χ0n) is 9.50. The number of carbonyl (C=O) groups is 1. The number of ether oxygens (including phenoxy) is 1. The van der Waals surface area contributed by atoms with Gasteiger partial charge in [0.2, 0.25) is 0 Å². The summed E-state index contributed by atoms with van der Waals surface area (Å²) < 4.78 is 5.40. The Bertz CT molecular complexity index is 224. The van der Waals surface area contributed by atoms with Crippen LogP contribution in [0.4, 0.5) is 0 Å². The van der Waals surface area contributed by atoms with Crippen LogP contribution >= 0.6 is 0 Å². The lowest BCUT2D eigenvalue weighted by molar-refractivity contribution is -0.150. The normalized spacial score (nSPS) is 32.1. The number of hydrogen-bond acceptors (Lipinski definition) is 3. The summed E-state index contributed by atoms with van der Waals surface area (Å²) in [5.41, 5.74) is 0. The molecule has 3 heteroatoms. The molecule has 0 bridgehead atoms. The second kappa shape index (κ2) is 4.97. The molecule has 0 aromatic heterocycles. The van der Waals surface area contributed by atoms with Gasteiger partial charge in [-0.25, -0.2) is 0 Å². The first-order valence-corrected chi connectivity index (χ1v) is 6.14. The van der Waals surface area contributed by atoms with E-state index in [1.807, 2.05) is 0 Å². The molecule has 2 atom stereocenters. The molecule has 2 fully saturated rings. The van der Waals surface area contributed by atoms with Crippen molar-refractivity contribution in [3.8, 4) is 0 Å². The SMILES string of the molecule is C[C@@H]1CNC[C@H]1C(=O)OCC1CCCC1. The average Bonchev–Trinajstić information content (AvgIpc) is 2.84. The second-order valence-corrected chi connectivity index (χ2v) is 5.02. The maximum absolute atomic E-state index is 11.8. The van der Waals surface area contributed by atoms with Gasteiger partial charge in [0.05, 0.1) is 12.5 Å². The van der Waals surface area contributed by atoms with Gasteiger partial charge in [0.15, 0.2) is 0 Å². The fourth-order valence-corrected chi connectivity index (χ4v) is 2.61. The highest BCUT2D eigenvalue weighted by Crippen LogP contribution is 2.25. The van der Waals surface area contributed by atoms with E-state index in [1.165, 1.54) is 25.7 Å². The largest absolute Gasteiger partial charge is 0.465 e. The molecule has 1 heterocycles.